The van der Waals surface area contributed by atoms with Gasteiger partial charge in [-0.2, -0.15) is 0 Å². The van der Waals surface area contributed by atoms with Crippen molar-refractivity contribution in [3.05, 3.63) is 52.0 Å². The van der Waals surface area contributed by atoms with Crippen molar-refractivity contribution >= 4 is 51.0 Å². The highest BCUT2D eigenvalue weighted by atomic mass is 32.1. The van der Waals surface area contributed by atoms with Crippen molar-refractivity contribution in [3.63, 3.8) is 0 Å². The maximum absolute atomic E-state index is 13.3. The maximum Gasteiger partial charge on any atom is 0.325 e. The number of aryl methyl sites for hydroxylation is 2. The zero-order valence-electron chi connectivity index (χ0n) is 18.9. The van der Waals surface area contributed by atoms with Gasteiger partial charge in [0.2, 0.25) is 0 Å². The van der Waals surface area contributed by atoms with Crippen LogP contribution in [0.1, 0.15) is 32.9 Å². The minimum absolute atomic E-state index is 0.203. The van der Waals surface area contributed by atoms with Crippen molar-refractivity contribution in [2.75, 3.05) is 18.9 Å². The van der Waals surface area contributed by atoms with E-state index < -0.39 is 35.8 Å². The summed E-state index contributed by atoms with van der Waals surface area (Å²) in [6, 6.07) is 8.13. The van der Waals surface area contributed by atoms with E-state index in [1.807, 2.05) is 19.9 Å². The molecule has 11 nitrogen and oxygen atoms in total. The molecule has 1 unspecified atom stereocenters. The predicted octanol–water partition coefficient (Wildman–Crippen LogP) is 1.49. The molecule has 1 fully saturated rings. The number of aromatic nitrogens is 1. The van der Waals surface area contributed by atoms with E-state index in [1.54, 1.807) is 24.3 Å². The fourth-order valence-corrected chi connectivity index (χ4v) is 5.63. The molecule has 0 aliphatic carbocycles. The van der Waals surface area contributed by atoms with E-state index in [4.69, 9.17) is 10.5 Å². The van der Waals surface area contributed by atoms with Gasteiger partial charge in [0.1, 0.15) is 22.0 Å². The lowest BCUT2D eigenvalue weighted by molar-refractivity contribution is -0.136. The Balaban J connectivity index is 1.28. The Morgan fingerprint density at radius 1 is 1.26 bits per heavy atom. The molecule has 2 aliphatic rings. The van der Waals surface area contributed by atoms with Crippen LogP contribution in [0.25, 0.3) is 10.2 Å². The van der Waals surface area contributed by atoms with Crippen LogP contribution in [0.2, 0.25) is 0 Å². The number of nitrogens with one attached hydrogen (secondary N) is 3. The smallest absolute Gasteiger partial charge is 0.325 e. The molecule has 1 spiro atoms. The second kappa shape index (κ2) is 8.24. The van der Waals surface area contributed by atoms with Gasteiger partial charge in [0.25, 0.3) is 17.7 Å². The Bertz CT molecular complexity index is 1420. The summed E-state index contributed by atoms with van der Waals surface area (Å²) in [7, 11) is 0. The molecule has 1 saturated heterocycles. The Hall–Kier alpha value is -4.19. The number of benzene rings is 1. The highest BCUT2D eigenvalue weighted by Gasteiger charge is 2.55. The average Bonchev–Trinajstić information content (AvgIpc) is 3.27. The number of urea groups is 1. The van der Waals surface area contributed by atoms with Crippen LogP contribution < -0.4 is 26.6 Å². The number of nitrogen functional groups attached to an aromatic ring is 1. The van der Waals surface area contributed by atoms with Gasteiger partial charge in [-0.05, 0) is 31.5 Å². The number of hydrogen-bond acceptors (Lipinski definition) is 8. The lowest BCUT2D eigenvalue weighted by Crippen LogP contribution is -2.49. The molecule has 5 rings (SSSR count). The first kappa shape index (κ1) is 22.6. The topological polar surface area (TPSA) is 156 Å². The molecule has 0 bridgehead atoms. The summed E-state index contributed by atoms with van der Waals surface area (Å²) in [5.41, 5.74) is 11.9. The number of hydrazine groups is 1. The third-order valence-electron chi connectivity index (χ3n) is 6.10. The molecule has 2 aromatic heterocycles. The van der Waals surface area contributed by atoms with Gasteiger partial charge in [-0.1, -0.05) is 18.2 Å². The molecular formula is C23H22N6O5S. The number of nitrogens with two attached hydrogens (primary N) is 1. The number of hydrogen-bond donors (Lipinski definition) is 4. The molecule has 0 radical (unpaired) electrons. The summed E-state index contributed by atoms with van der Waals surface area (Å²) < 4.78 is 5.60. The number of anilines is 1. The van der Waals surface area contributed by atoms with Gasteiger partial charge < -0.3 is 15.8 Å². The molecule has 3 aromatic rings. The molecule has 180 valence electrons. The third-order valence-corrected chi connectivity index (χ3v) is 7.20. The number of carbonyl (C=O) groups is 4. The van der Waals surface area contributed by atoms with Gasteiger partial charge in [-0.3, -0.25) is 30.1 Å². The van der Waals surface area contributed by atoms with Gasteiger partial charge in [-0.25, -0.2) is 9.78 Å². The number of pyridine rings is 1. The maximum atomic E-state index is 13.3. The van der Waals surface area contributed by atoms with E-state index in [-0.39, 0.29) is 23.6 Å². The summed E-state index contributed by atoms with van der Waals surface area (Å²) in [6.45, 7) is 3.40. The summed E-state index contributed by atoms with van der Waals surface area (Å²) in [4.78, 5) is 57.2. The Kier molecular flexibility index (Phi) is 5.32. The SMILES string of the molecule is Cc1cc(C)c2c(N)c(C(=O)NNC(=O)CN3C(=O)NC4(CCOc5ccccc54)C3=O)sc2n1. The van der Waals surface area contributed by atoms with E-state index >= 15 is 0 Å². The van der Waals surface area contributed by atoms with Crippen LogP contribution >= 0.6 is 11.3 Å². The van der Waals surface area contributed by atoms with Crippen LogP contribution in [-0.4, -0.2) is 46.8 Å². The average molecular weight is 495 g/mol. The van der Waals surface area contributed by atoms with E-state index in [0.717, 1.165) is 27.5 Å². The summed E-state index contributed by atoms with van der Waals surface area (Å²) >= 11 is 1.11. The van der Waals surface area contributed by atoms with Crippen LogP contribution in [0, 0.1) is 13.8 Å². The number of amides is 5. The fourth-order valence-electron chi connectivity index (χ4n) is 4.52. The normalized spacial score (nSPS) is 18.9. The Morgan fingerprint density at radius 3 is 2.83 bits per heavy atom. The third kappa shape index (κ3) is 3.62. The highest BCUT2D eigenvalue weighted by molar-refractivity contribution is 7.21. The zero-order valence-corrected chi connectivity index (χ0v) is 19.7. The quantitative estimate of drug-likeness (QED) is 0.317. The number of thiophene rings is 1. The molecule has 1 atom stereocenters. The molecule has 0 saturated carbocycles. The summed E-state index contributed by atoms with van der Waals surface area (Å²) in [5.74, 6) is -1.41. The van der Waals surface area contributed by atoms with Gasteiger partial charge in [0.15, 0.2) is 5.54 Å². The number of imide groups is 1. The molecule has 35 heavy (non-hydrogen) atoms. The van der Waals surface area contributed by atoms with Gasteiger partial charge in [0.05, 0.1) is 12.3 Å². The minimum Gasteiger partial charge on any atom is -0.493 e. The van der Waals surface area contributed by atoms with Gasteiger partial charge >= 0.3 is 6.03 Å². The first-order chi connectivity index (χ1) is 16.7. The lowest BCUT2D eigenvalue weighted by atomic mass is 9.84. The number of ether oxygens (including phenoxy) is 1. The first-order valence-corrected chi connectivity index (χ1v) is 11.6. The molecule has 12 heteroatoms. The van der Waals surface area contributed by atoms with Crippen LogP contribution in [0.5, 0.6) is 5.75 Å². The standard InChI is InChI=1S/C23H22N6O5S/c1-11-9-12(2)25-20-16(11)17(24)18(35-20)19(31)28-27-15(30)10-29-21(32)23(26-22(29)33)7-8-34-14-6-4-3-5-13(14)23/h3-6,9H,7-8,10,24H2,1-2H3,(H,26,33)(H,27,30)(H,28,31). The van der Waals surface area contributed by atoms with Gasteiger partial charge in [-0.15, -0.1) is 11.3 Å². The van der Waals surface area contributed by atoms with Crippen molar-refractivity contribution in [3.8, 4) is 5.75 Å². The number of rotatable bonds is 3. The zero-order chi connectivity index (χ0) is 24.9. The molecule has 4 heterocycles. The number of para-hydroxylation sites is 1. The molecular weight excluding hydrogens is 472 g/mol. The van der Waals surface area contributed by atoms with Crippen molar-refractivity contribution in [1.82, 2.24) is 26.1 Å². The van der Waals surface area contributed by atoms with Crippen molar-refractivity contribution in [1.29, 1.82) is 0 Å². The second-order valence-corrected chi connectivity index (χ2v) is 9.43. The van der Waals surface area contributed by atoms with Crippen molar-refractivity contribution < 1.29 is 23.9 Å². The molecule has 5 amide bonds. The van der Waals surface area contributed by atoms with E-state index in [2.05, 4.69) is 21.2 Å². The lowest BCUT2D eigenvalue weighted by Gasteiger charge is -2.33. The summed E-state index contributed by atoms with van der Waals surface area (Å²) in [5, 5.41) is 3.41. The van der Waals surface area contributed by atoms with E-state index in [0.29, 0.717) is 21.5 Å². The minimum atomic E-state index is -1.29. The molecule has 5 N–H and O–H groups in total. The summed E-state index contributed by atoms with van der Waals surface area (Å²) in [6.07, 6.45) is 0.238. The van der Waals surface area contributed by atoms with E-state index in [9.17, 15) is 19.2 Å². The van der Waals surface area contributed by atoms with Crippen molar-refractivity contribution in [2.45, 2.75) is 25.8 Å². The number of fused-ring (bicyclic) bond motifs is 3. The number of carbonyl (C=O) groups excluding carboxylic acids is 4. The second-order valence-electron chi connectivity index (χ2n) is 8.43. The Morgan fingerprint density at radius 2 is 2.03 bits per heavy atom. The first-order valence-electron chi connectivity index (χ1n) is 10.8. The van der Waals surface area contributed by atoms with Crippen molar-refractivity contribution in [2.24, 2.45) is 0 Å². The fraction of sp³-hybridized carbons (Fsp3) is 0.261. The van der Waals surface area contributed by atoms with Gasteiger partial charge in [0, 0.05) is 23.1 Å². The molecule has 2 aliphatic heterocycles. The van der Waals surface area contributed by atoms with Crippen LogP contribution in [0.3, 0.4) is 0 Å². The monoisotopic (exact) mass is 494 g/mol. The Labute approximate surface area is 203 Å². The largest absolute Gasteiger partial charge is 0.493 e. The van der Waals surface area contributed by atoms with E-state index in [1.165, 1.54) is 0 Å². The van der Waals surface area contributed by atoms with Crippen LogP contribution in [-0.2, 0) is 15.1 Å². The predicted molar refractivity (Wildman–Crippen MR) is 128 cm³/mol. The highest BCUT2D eigenvalue weighted by Crippen LogP contribution is 2.41. The number of nitrogens with zero attached hydrogens (tertiary/aromatic N) is 2. The van der Waals surface area contributed by atoms with Crippen LogP contribution in [0.15, 0.2) is 30.3 Å². The van der Waals surface area contributed by atoms with Crippen LogP contribution in [0.4, 0.5) is 10.5 Å². The molecule has 1 aromatic carbocycles.